The number of aromatic nitrogens is 1. The van der Waals surface area contributed by atoms with Gasteiger partial charge in [-0.2, -0.15) is 0 Å². The topological polar surface area (TPSA) is 55.8 Å². The Morgan fingerprint density at radius 3 is 2.65 bits per heavy atom. The maximum atomic E-state index is 6.31. The fourth-order valence-electron chi connectivity index (χ4n) is 3.87. The third-order valence-electron chi connectivity index (χ3n) is 5.45. The van der Waals surface area contributed by atoms with Gasteiger partial charge >= 0.3 is 0 Å². The van der Waals surface area contributed by atoms with Crippen LogP contribution in [0.15, 0.2) is 59.7 Å². The van der Waals surface area contributed by atoms with Crippen molar-refractivity contribution in [2.45, 2.75) is 25.9 Å². The number of rotatable bonds is 6. The van der Waals surface area contributed by atoms with E-state index in [0.29, 0.717) is 17.6 Å². The number of aliphatic imine (C=N–C) groups is 1. The van der Waals surface area contributed by atoms with E-state index in [1.165, 1.54) is 11.3 Å². The Bertz CT molecular complexity index is 893. The quantitative estimate of drug-likeness (QED) is 0.245. The second-order valence-electron chi connectivity index (χ2n) is 7.62. The van der Waals surface area contributed by atoms with Crippen LogP contribution < -0.4 is 20.4 Å². The van der Waals surface area contributed by atoms with Gasteiger partial charge in [0.1, 0.15) is 5.82 Å². The van der Waals surface area contributed by atoms with Gasteiger partial charge in [-0.3, -0.25) is 0 Å². The third kappa shape index (κ3) is 6.26. The molecule has 8 heteroatoms. The maximum Gasteiger partial charge on any atom is 0.191 e. The zero-order valence-corrected chi connectivity index (χ0v) is 20.9. The summed E-state index contributed by atoms with van der Waals surface area (Å²) < 4.78 is 0. The molecule has 0 amide bonds. The van der Waals surface area contributed by atoms with E-state index in [1.807, 2.05) is 12.1 Å². The molecule has 1 aromatic heterocycles. The van der Waals surface area contributed by atoms with Gasteiger partial charge in [-0.05, 0) is 43.2 Å². The minimum Gasteiger partial charge on any atom is -0.364 e. The standard InChI is InChI=1S/C23H29ClN6.HI/c1-2-25-23(27-16-18-7-9-20(10-8-18)29-13-3-4-14-29)28-19-11-15-30(17-19)22-21(24)6-5-12-26-22;/h3-10,12,19H,2,11,13-17H2,1H3,(H2,25,27,28);1H. The highest BCUT2D eigenvalue weighted by atomic mass is 127. The molecule has 1 fully saturated rings. The minimum absolute atomic E-state index is 0. The molecule has 1 atom stereocenters. The highest BCUT2D eigenvalue weighted by Crippen LogP contribution is 2.25. The van der Waals surface area contributed by atoms with Crippen molar-refractivity contribution in [3.05, 3.63) is 65.3 Å². The zero-order chi connectivity index (χ0) is 20.8. The number of nitrogens with one attached hydrogen (secondary N) is 2. The number of anilines is 2. The van der Waals surface area contributed by atoms with E-state index in [-0.39, 0.29) is 24.0 Å². The van der Waals surface area contributed by atoms with Crippen molar-refractivity contribution in [2.24, 2.45) is 4.99 Å². The van der Waals surface area contributed by atoms with Gasteiger partial charge in [0.15, 0.2) is 5.96 Å². The lowest BCUT2D eigenvalue weighted by atomic mass is 10.2. The van der Waals surface area contributed by atoms with Crippen molar-refractivity contribution in [3.63, 3.8) is 0 Å². The van der Waals surface area contributed by atoms with E-state index >= 15 is 0 Å². The van der Waals surface area contributed by atoms with E-state index in [9.17, 15) is 0 Å². The van der Waals surface area contributed by atoms with E-state index in [1.54, 1.807) is 6.20 Å². The SMILES string of the molecule is CCNC(=NCc1ccc(N2CC=CC2)cc1)NC1CCN(c2ncccc2Cl)C1.I. The third-order valence-corrected chi connectivity index (χ3v) is 5.75. The molecule has 0 radical (unpaired) electrons. The lowest BCUT2D eigenvalue weighted by Gasteiger charge is -2.20. The van der Waals surface area contributed by atoms with Crippen molar-refractivity contribution in [2.75, 3.05) is 42.5 Å². The molecule has 1 saturated heterocycles. The smallest absolute Gasteiger partial charge is 0.191 e. The van der Waals surface area contributed by atoms with Crippen LogP contribution >= 0.6 is 35.6 Å². The number of halogens is 2. The van der Waals surface area contributed by atoms with Crippen LogP contribution in [0.1, 0.15) is 18.9 Å². The van der Waals surface area contributed by atoms with Crippen LogP contribution in [0.3, 0.4) is 0 Å². The molecule has 166 valence electrons. The Labute approximate surface area is 206 Å². The summed E-state index contributed by atoms with van der Waals surface area (Å²) in [5.41, 5.74) is 2.47. The number of hydrogen-bond acceptors (Lipinski definition) is 4. The number of hydrogen-bond donors (Lipinski definition) is 2. The Hall–Kier alpha value is -2.00. The molecule has 2 aliphatic heterocycles. The summed E-state index contributed by atoms with van der Waals surface area (Å²) in [6.07, 6.45) is 7.23. The van der Waals surface area contributed by atoms with Gasteiger partial charge < -0.3 is 20.4 Å². The fourth-order valence-corrected chi connectivity index (χ4v) is 4.11. The molecule has 1 aromatic carbocycles. The van der Waals surface area contributed by atoms with Crippen LogP contribution in [0.5, 0.6) is 0 Å². The van der Waals surface area contributed by atoms with E-state index in [2.05, 4.69) is 68.8 Å². The van der Waals surface area contributed by atoms with Crippen molar-refractivity contribution >= 4 is 53.0 Å². The lowest BCUT2D eigenvalue weighted by Crippen LogP contribution is -2.44. The molecule has 2 N–H and O–H groups in total. The molecule has 4 rings (SSSR count). The number of pyridine rings is 1. The van der Waals surface area contributed by atoms with Gasteiger partial charge in [-0.1, -0.05) is 35.9 Å². The molecule has 0 bridgehead atoms. The predicted octanol–water partition coefficient (Wildman–Crippen LogP) is 4.06. The van der Waals surface area contributed by atoms with E-state index in [0.717, 1.165) is 50.9 Å². The molecule has 31 heavy (non-hydrogen) atoms. The highest BCUT2D eigenvalue weighted by molar-refractivity contribution is 14.0. The summed E-state index contributed by atoms with van der Waals surface area (Å²) in [4.78, 5) is 13.8. The Morgan fingerprint density at radius 2 is 1.94 bits per heavy atom. The molecule has 0 aliphatic carbocycles. The van der Waals surface area contributed by atoms with Crippen molar-refractivity contribution in [1.29, 1.82) is 0 Å². The van der Waals surface area contributed by atoms with Gasteiger partial charge in [-0.25, -0.2) is 9.98 Å². The van der Waals surface area contributed by atoms with Gasteiger partial charge in [-0.15, -0.1) is 24.0 Å². The molecular weight excluding hydrogens is 523 g/mol. The van der Waals surface area contributed by atoms with Gasteiger partial charge in [0.05, 0.1) is 11.6 Å². The summed E-state index contributed by atoms with van der Waals surface area (Å²) in [7, 11) is 0. The summed E-state index contributed by atoms with van der Waals surface area (Å²) in [5, 5.41) is 7.64. The van der Waals surface area contributed by atoms with Crippen LogP contribution in [0.25, 0.3) is 0 Å². The molecule has 0 saturated carbocycles. The maximum absolute atomic E-state index is 6.31. The Kier molecular flexibility index (Phi) is 8.83. The van der Waals surface area contributed by atoms with Crippen LogP contribution in [0.4, 0.5) is 11.5 Å². The number of guanidine groups is 1. The van der Waals surface area contributed by atoms with Crippen LogP contribution in [0.2, 0.25) is 5.02 Å². The lowest BCUT2D eigenvalue weighted by molar-refractivity contribution is 0.649. The normalized spacial score (nSPS) is 18.3. The van der Waals surface area contributed by atoms with Crippen molar-refractivity contribution in [1.82, 2.24) is 15.6 Å². The van der Waals surface area contributed by atoms with E-state index in [4.69, 9.17) is 16.6 Å². The zero-order valence-electron chi connectivity index (χ0n) is 17.8. The highest BCUT2D eigenvalue weighted by Gasteiger charge is 2.25. The Morgan fingerprint density at radius 1 is 1.16 bits per heavy atom. The first-order valence-electron chi connectivity index (χ1n) is 10.6. The molecular formula is C23H30ClIN6. The number of benzene rings is 1. The first-order chi connectivity index (χ1) is 14.7. The Balaban J connectivity index is 0.00000272. The van der Waals surface area contributed by atoms with Crippen LogP contribution in [-0.4, -0.2) is 49.7 Å². The average Bonchev–Trinajstić information content (AvgIpc) is 3.45. The molecule has 2 aromatic rings. The minimum atomic E-state index is 0. The number of nitrogens with zero attached hydrogens (tertiary/aromatic N) is 4. The molecule has 1 unspecified atom stereocenters. The monoisotopic (exact) mass is 552 g/mol. The van der Waals surface area contributed by atoms with Crippen LogP contribution in [0, 0.1) is 0 Å². The second-order valence-corrected chi connectivity index (χ2v) is 8.03. The average molecular weight is 553 g/mol. The first kappa shape index (κ1) is 23.7. The summed E-state index contributed by atoms with van der Waals surface area (Å²) in [6.45, 7) is 7.35. The van der Waals surface area contributed by atoms with E-state index < -0.39 is 0 Å². The van der Waals surface area contributed by atoms with Gasteiger partial charge in [0, 0.05) is 50.6 Å². The molecule has 2 aliphatic rings. The largest absolute Gasteiger partial charge is 0.364 e. The second kappa shape index (κ2) is 11.6. The van der Waals surface area contributed by atoms with Gasteiger partial charge in [0.25, 0.3) is 0 Å². The summed E-state index contributed by atoms with van der Waals surface area (Å²) in [6, 6.07) is 12.8. The first-order valence-corrected chi connectivity index (χ1v) is 11.0. The van der Waals surface area contributed by atoms with Crippen molar-refractivity contribution in [3.8, 4) is 0 Å². The predicted molar refractivity (Wildman–Crippen MR) is 141 cm³/mol. The molecule has 3 heterocycles. The summed E-state index contributed by atoms with van der Waals surface area (Å²) >= 11 is 6.31. The van der Waals surface area contributed by atoms with Crippen molar-refractivity contribution < 1.29 is 0 Å². The molecule has 0 spiro atoms. The van der Waals surface area contributed by atoms with Gasteiger partial charge in [0.2, 0.25) is 0 Å². The molecule has 6 nitrogen and oxygen atoms in total. The van der Waals surface area contributed by atoms with Crippen LogP contribution in [-0.2, 0) is 6.54 Å². The summed E-state index contributed by atoms with van der Waals surface area (Å²) in [5.74, 6) is 1.71. The fraction of sp³-hybridized carbons (Fsp3) is 0.391.